The Morgan fingerprint density at radius 1 is 1.13 bits per heavy atom. The van der Waals surface area contributed by atoms with Crippen LogP contribution < -0.4 is 0 Å². The van der Waals surface area contributed by atoms with E-state index in [0.717, 1.165) is 29.3 Å². The van der Waals surface area contributed by atoms with Crippen molar-refractivity contribution in [2.75, 3.05) is 0 Å². The minimum Gasteiger partial charge on any atom is -0.283 e. The molecule has 0 radical (unpaired) electrons. The van der Waals surface area contributed by atoms with Crippen LogP contribution in [0.2, 0.25) is 0 Å². The highest BCUT2D eigenvalue weighted by atomic mass is 15.2. The molecule has 0 saturated heterocycles. The molecular formula is C19H22N4. The lowest BCUT2D eigenvalue weighted by atomic mass is 10.1. The van der Waals surface area contributed by atoms with E-state index in [-0.39, 0.29) is 0 Å². The number of nitrogens with zero attached hydrogens (tertiary/aromatic N) is 4. The highest BCUT2D eigenvalue weighted by Crippen LogP contribution is 2.30. The van der Waals surface area contributed by atoms with Gasteiger partial charge in [0.25, 0.3) is 0 Å². The number of aryl methyl sites for hydroxylation is 2. The van der Waals surface area contributed by atoms with Gasteiger partial charge in [-0.25, -0.2) is 4.98 Å². The molecular weight excluding hydrogens is 284 g/mol. The molecule has 0 aliphatic rings. The summed E-state index contributed by atoms with van der Waals surface area (Å²) in [5.74, 6) is 1.12. The lowest BCUT2D eigenvalue weighted by molar-refractivity contribution is 0.831. The molecule has 0 amide bonds. The zero-order valence-electron chi connectivity index (χ0n) is 14.1. The number of aromatic nitrogens is 2. The fourth-order valence-corrected chi connectivity index (χ4v) is 2.65. The first-order chi connectivity index (χ1) is 11.1. The third-order valence-electron chi connectivity index (χ3n) is 3.95. The maximum absolute atomic E-state index is 4.74. The summed E-state index contributed by atoms with van der Waals surface area (Å²) in [6, 6.07) is 12.3. The van der Waals surface area contributed by atoms with Crippen molar-refractivity contribution in [2.24, 2.45) is 10.2 Å². The van der Waals surface area contributed by atoms with Crippen LogP contribution in [0, 0.1) is 6.92 Å². The molecule has 3 aromatic rings. The minimum atomic E-state index is 0.297. The van der Waals surface area contributed by atoms with Crippen LogP contribution in [0.15, 0.2) is 52.8 Å². The molecule has 0 bridgehead atoms. The molecule has 2 heterocycles. The summed E-state index contributed by atoms with van der Waals surface area (Å²) < 4.78 is 2.01. The maximum Gasteiger partial charge on any atom is 0.183 e. The highest BCUT2D eigenvalue weighted by Gasteiger charge is 2.15. The average molecular weight is 306 g/mol. The fraction of sp³-hybridized carbons (Fsp3) is 0.316. The van der Waals surface area contributed by atoms with Gasteiger partial charge in [0, 0.05) is 6.20 Å². The molecule has 2 aromatic heterocycles. The molecule has 4 heteroatoms. The summed E-state index contributed by atoms with van der Waals surface area (Å²) >= 11 is 0. The molecule has 23 heavy (non-hydrogen) atoms. The molecule has 0 atom stereocenters. The van der Waals surface area contributed by atoms with Crippen LogP contribution in [-0.4, -0.2) is 9.38 Å². The van der Waals surface area contributed by atoms with Gasteiger partial charge in [0.15, 0.2) is 5.82 Å². The largest absolute Gasteiger partial charge is 0.283 e. The Labute approximate surface area is 136 Å². The molecule has 3 rings (SSSR count). The van der Waals surface area contributed by atoms with Gasteiger partial charge in [0.2, 0.25) is 0 Å². The topological polar surface area (TPSA) is 42.0 Å². The maximum atomic E-state index is 4.74. The van der Waals surface area contributed by atoms with Gasteiger partial charge in [0.05, 0.1) is 11.4 Å². The number of benzene rings is 1. The third kappa shape index (κ3) is 3.02. The van der Waals surface area contributed by atoms with Gasteiger partial charge in [-0.05, 0) is 48.6 Å². The molecule has 0 aliphatic heterocycles. The number of imidazole rings is 1. The van der Waals surface area contributed by atoms with Gasteiger partial charge in [-0.2, -0.15) is 0 Å². The van der Waals surface area contributed by atoms with Crippen molar-refractivity contribution < 1.29 is 0 Å². The zero-order chi connectivity index (χ0) is 16.4. The first-order valence-electron chi connectivity index (χ1n) is 8.08. The van der Waals surface area contributed by atoms with E-state index in [4.69, 9.17) is 4.98 Å². The normalized spacial score (nSPS) is 11.9. The van der Waals surface area contributed by atoms with Crippen molar-refractivity contribution in [3.8, 4) is 0 Å². The van der Waals surface area contributed by atoms with Gasteiger partial charge in [-0.1, -0.05) is 39.0 Å². The van der Waals surface area contributed by atoms with Crippen LogP contribution in [0.25, 0.3) is 5.65 Å². The second-order valence-electron chi connectivity index (χ2n) is 6.09. The van der Waals surface area contributed by atoms with Crippen molar-refractivity contribution in [3.05, 3.63) is 59.4 Å². The third-order valence-corrected chi connectivity index (χ3v) is 3.95. The first-order valence-corrected chi connectivity index (χ1v) is 8.08. The van der Waals surface area contributed by atoms with Crippen LogP contribution in [0.4, 0.5) is 11.5 Å². The minimum absolute atomic E-state index is 0.297. The van der Waals surface area contributed by atoms with Gasteiger partial charge in [-0.3, -0.25) is 4.40 Å². The van der Waals surface area contributed by atoms with E-state index in [1.165, 1.54) is 11.1 Å². The Hall–Kier alpha value is -2.49. The second-order valence-corrected chi connectivity index (χ2v) is 6.09. The summed E-state index contributed by atoms with van der Waals surface area (Å²) in [5.41, 5.74) is 5.22. The number of hydrogen-bond acceptors (Lipinski definition) is 3. The number of azo groups is 1. The highest BCUT2D eigenvalue weighted by molar-refractivity contribution is 5.54. The molecule has 0 aliphatic carbocycles. The van der Waals surface area contributed by atoms with Gasteiger partial charge in [0.1, 0.15) is 5.65 Å². The van der Waals surface area contributed by atoms with Crippen molar-refractivity contribution >= 4 is 17.2 Å². The van der Waals surface area contributed by atoms with E-state index < -0.39 is 0 Å². The summed E-state index contributed by atoms with van der Waals surface area (Å²) in [6.07, 6.45) is 2.96. The summed E-state index contributed by atoms with van der Waals surface area (Å²) in [7, 11) is 0. The van der Waals surface area contributed by atoms with E-state index in [2.05, 4.69) is 56.1 Å². The summed E-state index contributed by atoms with van der Waals surface area (Å²) in [5, 5.41) is 9.05. The van der Waals surface area contributed by atoms with Crippen LogP contribution in [0.1, 0.15) is 43.5 Å². The second kappa shape index (κ2) is 6.32. The lowest BCUT2D eigenvalue weighted by Crippen LogP contribution is -1.88. The molecule has 0 fully saturated rings. The quantitative estimate of drug-likeness (QED) is 0.566. The number of hydrogen-bond donors (Lipinski definition) is 0. The number of rotatable bonds is 4. The van der Waals surface area contributed by atoms with Crippen molar-refractivity contribution in [1.29, 1.82) is 0 Å². The van der Waals surface area contributed by atoms with E-state index in [9.17, 15) is 0 Å². The molecule has 118 valence electrons. The Balaban J connectivity index is 2.11. The number of fused-ring (bicyclic) bond motifs is 1. The summed E-state index contributed by atoms with van der Waals surface area (Å²) in [4.78, 5) is 4.74. The van der Waals surface area contributed by atoms with Crippen molar-refractivity contribution in [2.45, 2.75) is 40.0 Å². The molecule has 4 nitrogen and oxygen atoms in total. The van der Waals surface area contributed by atoms with Crippen LogP contribution in [0.5, 0.6) is 0 Å². The van der Waals surface area contributed by atoms with Crippen LogP contribution >= 0.6 is 0 Å². The number of pyridine rings is 1. The van der Waals surface area contributed by atoms with Crippen LogP contribution in [-0.2, 0) is 6.42 Å². The zero-order valence-corrected chi connectivity index (χ0v) is 14.1. The van der Waals surface area contributed by atoms with E-state index >= 15 is 0 Å². The molecule has 0 saturated carbocycles. The van der Waals surface area contributed by atoms with E-state index in [0.29, 0.717) is 5.92 Å². The van der Waals surface area contributed by atoms with Crippen molar-refractivity contribution in [3.63, 3.8) is 0 Å². The Morgan fingerprint density at radius 3 is 2.65 bits per heavy atom. The lowest BCUT2D eigenvalue weighted by Gasteiger charge is -2.03. The smallest absolute Gasteiger partial charge is 0.183 e. The molecule has 0 spiro atoms. The van der Waals surface area contributed by atoms with E-state index in [1.807, 2.05) is 28.8 Å². The standard InChI is InChI=1S/C19H22N4/c1-5-15-8-6-7-9-16(15)21-22-19-18(13(2)3)20-17-12-14(4)10-11-23(17)19/h6-13H,5H2,1-4H3. The summed E-state index contributed by atoms with van der Waals surface area (Å²) in [6.45, 7) is 8.47. The Kier molecular flexibility index (Phi) is 4.24. The predicted octanol–water partition coefficient (Wildman–Crippen LogP) is 5.74. The van der Waals surface area contributed by atoms with Gasteiger partial charge < -0.3 is 0 Å². The molecule has 0 unspecified atom stereocenters. The fourth-order valence-electron chi connectivity index (χ4n) is 2.65. The molecule has 1 aromatic carbocycles. The predicted molar refractivity (Wildman–Crippen MR) is 94.0 cm³/mol. The van der Waals surface area contributed by atoms with Crippen LogP contribution in [0.3, 0.4) is 0 Å². The first kappa shape index (κ1) is 15.4. The molecule has 0 N–H and O–H groups in total. The monoisotopic (exact) mass is 306 g/mol. The Bertz CT molecular complexity index is 859. The SMILES string of the molecule is CCc1ccccc1N=Nc1c(C(C)C)nc2cc(C)ccn12. The average Bonchev–Trinajstić information content (AvgIpc) is 2.91. The van der Waals surface area contributed by atoms with E-state index in [1.54, 1.807) is 0 Å². The van der Waals surface area contributed by atoms with Crippen molar-refractivity contribution in [1.82, 2.24) is 9.38 Å². The Morgan fingerprint density at radius 2 is 1.91 bits per heavy atom. The van der Waals surface area contributed by atoms with Gasteiger partial charge in [-0.15, -0.1) is 10.2 Å². The van der Waals surface area contributed by atoms with Gasteiger partial charge >= 0.3 is 0 Å².